The molecule has 0 amide bonds. The summed E-state index contributed by atoms with van der Waals surface area (Å²) in [5.74, 6) is -1.31. The van der Waals surface area contributed by atoms with Crippen molar-refractivity contribution < 1.29 is 15.0 Å². The summed E-state index contributed by atoms with van der Waals surface area (Å²) in [6.07, 6.45) is 0.127. The molecule has 0 saturated carbocycles. The van der Waals surface area contributed by atoms with Crippen LogP contribution in [0.15, 0.2) is 30.3 Å². The molecule has 0 aromatic heterocycles. The Hall–Kier alpha value is -1.35. The first-order valence-corrected chi connectivity index (χ1v) is 5.11. The van der Waals surface area contributed by atoms with E-state index in [0.717, 1.165) is 5.56 Å². The van der Waals surface area contributed by atoms with Crippen LogP contribution in [0.5, 0.6) is 0 Å². The van der Waals surface area contributed by atoms with Crippen molar-refractivity contribution >= 4 is 5.97 Å². The third kappa shape index (κ3) is 3.36. The number of carboxylic acids is 1. The zero-order valence-electron chi connectivity index (χ0n) is 8.76. The van der Waals surface area contributed by atoms with Crippen LogP contribution in [-0.2, 0) is 4.79 Å². The largest absolute Gasteiger partial charge is 0.481 e. The van der Waals surface area contributed by atoms with E-state index >= 15 is 0 Å². The maximum Gasteiger partial charge on any atom is 0.306 e. The van der Waals surface area contributed by atoms with Gasteiger partial charge >= 0.3 is 5.97 Å². The topological polar surface area (TPSA) is 57.5 Å². The summed E-state index contributed by atoms with van der Waals surface area (Å²) in [5.41, 5.74) is 0.775. The fourth-order valence-corrected chi connectivity index (χ4v) is 1.52. The van der Waals surface area contributed by atoms with Gasteiger partial charge in [0, 0.05) is 0 Å². The van der Waals surface area contributed by atoms with Gasteiger partial charge in [-0.25, -0.2) is 0 Å². The monoisotopic (exact) mass is 208 g/mol. The second kappa shape index (κ2) is 5.51. The third-order valence-corrected chi connectivity index (χ3v) is 2.53. The Morgan fingerprint density at radius 1 is 1.33 bits per heavy atom. The van der Waals surface area contributed by atoms with Gasteiger partial charge in [0.15, 0.2) is 0 Å². The molecule has 2 N–H and O–H groups in total. The molecule has 1 rings (SSSR count). The number of benzene rings is 1. The van der Waals surface area contributed by atoms with E-state index in [-0.39, 0.29) is 6.42 Å². The van der Waals surface area contributed by atoms with E-state index < -0.39 is 18.0 Å². The molecule has 0 aliphatic heterocycles. The normalized spacial score (nSPS) is 14.5. The highest BCUT2D eigenvalue weighted by atomic mass is 16.4. The number of carbonyl (C=O) groups is 1. The van der Waals surface area contributed by atoms with Crippen LogP contribution in [0.4, 0.5) is 0 Å². The predicted molar refractivity (Wildman–Crippen MR) is 57.4 cm³/mol. The second-order valence-corrected chi connectivity index (χ2v) is 3.61. The second-order valence-electron chi connectivity index (χ2n) is 3.61. The van der Waals surface area contributed by atoms with E-state index in [1.165, 1.54) is 0 Å². The highest BCUT2D eigenvalue weighted by molar-refractivity contribution is 5.69. The molecule has 0 aliphatic carbocycles. The molecule has 0 fully saturated rings. The number of hydrogen-bond acceptors (Lipinski definition) is 2. The highest BCUT2D eigenvalue weighted by Crippen LogP contribution is 2.22. The standard InChI is InChI=1S/C12H16O3/c1-2-9(12(14)15)8-11(13)10-6-4-3-5-7-10/h3-7,9,11,13H,2,8H2,1H3,(H,14,15). The number of rotatable bonds is 5. The summed E-state index contributed by atoms with van der Waals surface area (Å²) in [4.78, 5) is 10.8. The van der Waals surface area contributed by atoms with Crippen molar-refractivity contribution in [1.29, 1.82) is 0 Å². The molecule has 82 valence electrons. The smallest absolute Gasteiger partial charge is 0.306 e. The van der Waals surface area contributed by atoms with Gasteiger partial charge in [0.25, 0.3) is 0 Å². The zero-order chi connectivity index (χ0) is 11.3. The van der Waals surface area contributed by atoms with Crippen molar-refractivity contribution in [2.24, 2.45) is 5.92 Å². The van der Waals surface area contributed by atoms with E-state index in [9.17, 15) is 9.90 Å². The van der Waals surface area contributed by atoms with Gasteiger partial charge in [-0.15, -0.1) is 0 Å². The minimum atomic E-state index is -0.840. The molecule has 0 radical (unpaired) electrons. The van der Waals surface area contributed by atoms with Gasteiger partial charge in [-0.1, -0.05) is 37.3 Å². The molecule has 1 aromatic carbocycles. The molecule has 0 saturated heterocycles. The van der Waals surface area contributed by atoms with Gasteiger partial charge in [-0.2, -0.15) is 0 Å². The SMILES string of the molecule is CCC(CC(O)c1ccccc1)C(=O)O. The molecule has 3 heteroatoms. The lowest BCUT2D eigenvalue weighted by Crippen LogP contribution is -2.16. The minimum Gasteiger partial charge on any atom is -0.481 e. The number of carboxylic acid groups (broad SMARTS) is 1. The molecule has 1 aromatic rings. The molecular formula is C12H16O3. The van der Waals surface area contributed by atoms with Crippen molar-refractivity contribution in [3.8, 4) is 0 Å². The van der Waals surface area contributed by atoms with E-state index in [0.29, 0.717) is 6.42 Å². The van der Waals surface area contributed by atoms with Gasteiger partial charge in [-0.05, 0) is 18.4 Å². The lowest BCUT2D eigenvalue weighted by Gasteiger charge is -2.15. The van der Waals surface area contributed by atoms with Crippen molar-refractivity contribution in [3.05, 3.63) is 35.9 Å². The Balaban J connectivity index is 2.62. The first-order chi connectivity index (χ1) is 7.15. The number of hydrogen-bond donors (Lipinski definition) is 2. The summed E-state index contributed by atoms with van der Waals surface area (Å²) in [7, 11) is 0. The highest BCUT2D eigenvalue weighted by Gasteiger charge is 2.20. The van der Waals surface area contributed by atoms with Crippen molar-refractivity contribution in [2.75, 3.05) is 0 Å². The first-order valence-electron chi connectivity index (χ1n) is 5.11. The van der Waals surface area contributed by atoms with Crippen LogP contribution in [0, 0.1) is 5.92 Å². The van der Waals surface area contributed by atoms with Crippen LogP contribution < -0.4 is 0 Å². The summed E-state index contributed by atoms with van der Waals surface area (Å²) in [6, 6.07) is 9.14. The molecule has 15 heavy (non-hydrogen) atoms. The lowest BCUT2D eigenvalue weighted by molar-refractivity contribution is -0.143. The lowest BCUT2D eigenvalue weighted by atomic mass is 9.95. The van der Waals surface area contributed by atoms with Crippen LogP contribution in [0.2, 0.25) is 0 Å². The molecule has 0 spiro atoms. The van der Waals surface area contributed by atoms with E-state index in [4.69, 9.17) is 5.11 Å². The summed E-state index contributed by atoms with van der Waals surface area (Å²) >= 11 is 0. The van der Waals surface area contributed by atoms with Crippen LogP contribution in [0.25, 0.3) is 0 Å². The summed E-state index contributed by atoms with van der Waals surface area (Å²) in [6.45, 7) is 1.82. The van der Waals surface area contributed by atoms with E-state index in [1.807, 2.05) is 25.1 Å². The van der Waals surface area contributed by atoms with Crippen molar-refractivity contribution in [2.45, 2.75) is 25.9 Å². The van der Waals surface area contributed by atoms with Gasteiger partial charge in [-0.3, -0.25) is 4.79 Å². The minimum absolute atomic E-state index is 0.274. The maximum absolute atomic E-state index is 10.8. The van der Waals surface area contributed by atoms with Gasteiger partial charge in [0.05, 0.1) is 12.0 Å². The Kier molecular flexibility index (Phi) is 4.31. The Morgan fingerprint density at radius 3 is 2.40 bits per heavy atom. The number of aliphatic hydroxyl groups is 1. The summed E-state index contributed by atoms with van der Waals surface area (Å²) in [5, 5.41) is 18.7. The maximum atomic E-state index is 10.8. The fraction of sp³-hybridized carbons (Fsp3) is 0.417. The third-order valence-electron chi connectivity index (χ3n) is 2.53. The number of aliphatic carboxylic acids is 1. The Bertz CT molecular complexity index is 308. The molecule has 2 atom stereocenters. The van der Waals surface area contributed by atoms with Crippen LogP contribution in [0.3, 0.4) is 0 Å². The van der Waals surface area contributed by atoms with E-state index in [2.05, 4.69) is 0 Å². The van der Waals surface area contributed by atoms with E-state index in [1.54, 1.807) is 12.1 Å². The fourth-order valence-electron chi connectivity index (χ4n) is 1.52. The molecule has 0 heterocycles. The van der Waals surface area contributed by atoms with Gasteiger partial charge in [0.1, 0.15) is 0 Å². The number of aliphatic hydroxyl groups excluding tert-OH is 1. The van der Waals surface area contributed by atoms with Gasteiger partial charge in [0.2, 0.25) is 0 Å². The van der Waals surface area contributed by atoms with Crippen LogP contribution >= 0.6 is 0 Å². The zero-order valence-corrected chi connectivity index (χ0v) is 8.76. The molecule has 3 nitrogen and oxygen atoms in total. The van der Waals surface area contributed by atoms with Crippen LogP contribution in [-0.4, -0.2) is 16.2 Å². The van der Waals surface area contributed by atoms with Crippen molar-refractivity contribution in [3.63, 3.8) is 0 Å². The molecule has 2 unspecified atom stereocenters. The molecule has 0 bridgehead atoms. The summed E-state index contributed by atoms with van der Waals surface area (Å²) < 4.78 is 0. The van der Waals surface area contributed by atoms with Crippen LogP contribution in [0.1, 0.15) is 31.4 Å². The average molecular weight is 208 g/mol. The molecule has 0 aliphatic rings. The quantitative estimate of drug-likeness (QED) is 0.780. The predicted octanol–water partition coefficient (Wildman–Crippen LogP) is 2.22. The first kappa shape index (κ1) is 11.7. The molecular weight excluding hydrogens is 192 g/mol. The van der Waals surface area contributed by atoms with Crippen molar-refractivity contribution in [1.82, 2.24) is 0 Å². The Morgan fingerprint density at radius 2 is 1.93 bits per heavy atom. The Labute approximate surface area is 89.4 Å². The van der Waals surface area contributed by atoms with Gasteiger partial charge < -0.3 is 10.2 Å². The average Bonchev–Trinajstić information content (AvgIpc) is 2.26.